The summed E-state index contributed by atoms with van der Waals surface area (Å²) in [6, 6.07) is 17.1. The Morgan fingerprint density at radius 1 is 1.05 bits per heavy atom. The molecule has 0 fully saturated rings. The highest BCUT2D eigenvalue weighted by Crippen LogP contribution is 2.17. The Kier molecular flexibility index (Phi) is 3.17. The van der Waals surface area contributed by atoms with Crippen LogP contribution in [0.3, 0.4) is 0 Å². The van der Waals surface area contributed by atoms with Crippen LogP contribution in [0.1, 0.15) is 17.3 Å². The summed E-state index contributed by atoms with van der Waals surface area (Å²) >= 11 is 0. The van der Waals surface area contributed by atoms with Gasteiger partial charge in [0.15, 0.2) is 5.78 Å². The molecule has 0 N–H and O–H groups in total. The maximum Gasteiger partial charge on any atom is 0.187 e. The molecular formula is C17H14N2O. The average Bonchev–Trinajstić information content (AvgIpc) is 2.92. The van der Waals surface area contributed by atoms with Crippen molar-refractivity contribution in [1.29, 1.82) is 0 Å². The molecule has 1 aromatic heterocycles. The van der Waals surface area contributed by atoms with Crippen LogP contribution in [-0.2, 0) is 0 Å². The maximum absolute atomic E-state index is 12.2. The van der Waals surface area contributed by atoms with Crippen LogP contribution >= 0.6 is 0 Å². The Balaban J connectivity index is 1.98. The van der Waals surface area contributed by atoms with E-state index in [1.807, 2.05) is 66.1 Å². The van der Waals surface area contributed by atoms with Crippen molar-refractivity contribution in [2.24, 2.45) is 0 Å². The van der Waals surface area contributed by atoms with Crippen LogP contribution in [0.4, 0.5) is 0 Å². The van der Waals surface area contributed by atoms with Gasteiger partial charge in [-0.15, -0.1) is 0 Å². The van der Waals surface area contributed by atoms with Crippen molar-refractivity contribution >= 4 is 22.5 Å². The Bertz CT molecular complexity index is 785. The lowest BCUT2D eigenvalue weighted by molar-refractivity contribution is 0.104. The zero-order valence-corrected chi connectivity index (χ0v) is 11.2. The fraction of sp³-hybridized carbons (Fsp3) is 0.0588. The first-order chi connectivity index (χ1) is 9.75. The van der Waals surface area contributed by atoms with Crippen molar-refractivity contribution < 1.29 is 4.79 Å². The Morgan fingerprint density at radius 2 is 1.75 bits per heavy atom. The molecule has 0 saturated heterocycles. The highest BCUT2D eigenvalue weighted by atomic mass is 16.1. The molecule has 0 aliphatic rings. The largest absolute Gasteiger partial charge is 0.303 e. The maximum atomic E-state index is 12.2. The molecule has 3 nitrogen and oxygen atoms in total. The molecule has 0 unspecified atom stereocenters. The summed E-state index contributed by atoms with van der Waals surface area (Å²) < 4.78 is 1.93. The van der Waals surface area contributed by atoms with Gasteiger partial charge in [-0.2, -0.15) is 0 Å². The number of benzene rings is 2. The zero-order valence-electron chi connectivity index (χ0n) is 11.2. The van der Waals surface area contributed by atoms with E-state index < -0.39 is 0 Å². The van der Waals surface area contributed by atoms with E-state index in [9.17, 15) is 4.79 Å². The van der Waals surface area contributed by atoms with Crippen molar-refractivity contribution in [3.8, 4) is 0 Å². The van der Waals surface area contributed by atoms with Crippen molar-refractivity contribution in [3.05, 3.63) is 72.6 Å². The predicted octanol–water partition coefficient (Wildman–Crippen LogP) is 3.78. The van der Waals surface area contributed by atoms with E-state index in [1.54, 1.807) is 12.4 Å². The van der Waals surface area contributed by atoms with Gasteiger partial charge < -0.3 is 4.57 Å². The van der Waals surface area contributed by atoms with E-state index in [-0.39, 0.29) is 5.78 Å². The number of hydrogen-bond acceptors (Lipinski definition) is 2. The van der Waals surface area contributed by atoms with E-state index >= 15 is 0 Å². The first-order valence-electron chi connectivity index (χ1n) is 6.46. The quantitative estimate of drug-likeness (QED) is 0.532. The molecule has 0 aliphatic carbocycles. The molecule has 3 aromatic rings. The number of fused-ring (bicyclic) bond motifs is 1. The fourth-order valence-corrected chi connectivity index (χ4v) is 2.19. The minimum atomic E-state index is 0.000816. The standard InChI is InChI=1S/C17H14N2O/c1-13(11-17(20)14-7-3-2-4-8-14)19-12-18-15-9-5-6-10-16(15)19/h2-12H,1H3/b13-11-. The van der Waals surface area contributed by atoms with E-state index in [2.05, 4.69) is 4.98 Å². The van der Waals surface area contributed by atoms with E-state index in [4.69, 9.17) is 0 Å². The van der Waals surface area contributed by atoms with Crippen LogP contribution in [0.25, 0.3) is 16.7 Å². The van der Waals surface area contributed by atoms with Gasteiger partial charge in [0.2, 0.25) is 0 Å². The third-order valence-corrected chi connectivity index (χ3v) is 3.23. The molecule has 0 radical (unpaired) electrons. The number of aromatic nitrogens is 2. The second-order valence-electron chi connectivity index (χ2n) is 4.62. The Morgan fingerprint density at radius 3 is 2.55 bits per heavy atom. The molecule has 20 heavy (non-hydrogen) atoms. The van der Waals surface area contributed by atoms with Crippen LogP contribution in [-0.4, -0.2) is 15.3 Å². The zero-order chi connectivity index (χ0) is 13.9. The van der Waals surface area contributed by atoms with Gasteiger partial charge in [-0.25, -0.2) is 4.98 Å². The van der Waals surface area contributed by atoms with Crippen LogP contribution in [0, 0.1) is 0 Å². The van der Waals surface area contributed by atoms with E-state index in [0.717, 1.165) is 16.7 Å². The molecule has 3 heteroatoms. The van der Waals surface area contributed by atoms with Crippen LogP contribution < -0.4 is 0 Å². The molecule has 0 atom stereocenters. The number of para-hydroxylation sites is 2. The molecular weight excluding hydrogens is 248 g/mol. The first kappa shape index (κ1) is 12.4. The van der Waals surface area contributed by atoms with Crippen LogP contribution in [0.5, 0.6) is 0 Å². The summed E-state index contributed by atoms with van der Waals surface area (Å²) in [4.78, 5) is 16.5. The van der Waals surface area contributed by atoms with Gasteiger partial charge in [-0.05, 0) is 19.1 Å². The van der Waals surface area contributed by atoms with Crippen molar-refractivity contribution in [3.63, 3.8) is 0 Å². The van der Waals surface area contributed by atoms with Gasteiger partial charge in [0.1, 0.15) is 6.33 Å². The minimum Gasteiger partial charge on any atom is -0.303 e. The second-order valence-corrected chi connectivity index (χ2v) is 4.62. The number of carbonyl (C=O) groups is 1. The lowest BCUT2D eigenvalue weighted by atomic mass is 10.1. The van der Waals surface area contributed by atoms with Crippen LogP contribution in [0.2, 0.25) is 0 Å². The summed E-state index contributed by atoms with van der Waals surface area (Å²) in [5.41, 5.74) is 3.47. The summed E-state index contributed by atoms with van der Waals surface area (Å²) in [6.07, 6.45) is 3.39. The minimum absolute atomic E-state index is 0.000816. The number of carbonyl (C=O) groups excluding carboxylic acids is 1. The fourth-order valence-electron chi connectivity index (χ4n) is 2.19. The summed E-state index contributed by atoms with van der Waals surface area (Å²) in [5.74, 6) is 0.000816. The normalized spacial score (nSPS) is 11.8. The number of imidazole rings is 1. The summed E-state index contributed by atoms with van der Waals surface area (Å²) in [6.45, 7) is 1.91. The Labute approximate surface area is 117 Å². The summed E-state index contributed by atoms with van der Waals surface area (Å²) in [7, 11) is 0. The Hall–Kier alpha value is -2.68. The van der Waals surface area contributed by atoms with Gasteiger partial charge in [-0.1, -0.05) is 42.5 Å². The number of allylic oxidation sites excluding steroid dienone is 2. The van der Waals surface area contributed by atoms with Crippen molar-refractivity contribution in [1.82, 2.24) is 9.55 Å². The number of ketones is 1. The van der Waals surface area contributed by atoms with Gasteiger partial charge >= 0.3 is 0 Å². The van der Waals surface area contributed by atoms with E-state index in [1.165, 1.54) is 0 Å². The lowest BCUT2D eigenvalue weighted by Gasteiger charge is -2.04. The van der Waals surface area contributed by atoms with Gasteiger partial charge in [-0.3, -0.25) is 4.79 Å². The van der Waals surface area contributed by atoms with Gasteiger partial charge in [0.05, 0.1) is 11.0 Å². The number of rotatable bonds is 3. The summed E-state index contributed by atoms with van der Waals surface area (Å²) in [5, 5.41) is 0. The highest BCUT2D eigenvalue weighted by Gasteiger charge is 2.06. The molecule has 0 amide bonds. The smallest absolute Gasteiger partial charge is 0.187 e. The van der Waals surface area contributed by atoms with Crippen molar-refractivity contribution in [2.45, 2.75) is 6.92 Å². The monoisotopic (exact) mass is 262 g/mol. The average molecular weight is 262 g/mol. The molecule has 1 heterocycles. The highest BCUT2D eigenvalue weighted by molar-refractivity contribution is 6.07. The molecule has 98 valence electrons. The topological polar surface area (TPSA) is 34.9 Å². The molecule has 3 rings (SSSR count). The molecule has 0 bridgehead atoms. The van der Waals surface area contributed by atoms with Gasteiger partial charge in [0, 0.05) is 17.3 Å². The SMILES string of the molecule is C/C(=C/C(=O)c1ccccc1)n1cnc2ccccc21. The number of nitrogens with zero attached hydrogens (tertiary/aromatic N) is 2. The molecule has 0 saturated carbocycles. The molecule has 0 spiro atoms. The van der Waals surface area contributed by atoms with Crippen LogP contribution in [0.15, 0.2) is 67.0 Å². The van der Waals surface area contributed by atoms with E-state index in [0.29, 0.717) is 5.56 Å². The predicted molar refractivity (Wildman–Crippen MR) is 80.5 cm³/mol. The molecule has 0 aliphatic heterocycles. The first-order valence-corrected chi connectivity index (χ1v) is 6.46. The second kappa shape index (κ2) is 5.13. The number of hydrogen-bond donors (Lipinski definition) is 0. The third kappa shape index (κ3) is 2.26. The van der Waals surface area contributed by atoms with Crippen molar-refractivity contribution in [2.75, 3.05) is 0 Å². The third-order valence-electron chi connectivity index (χ3n) is 3.23. The lowest BCUT2D eigenvalue weighted by Crippen LogP contribution is -1.98. The van der Waals surface area contributed by atoms with Gasteiger partial charge in [0.25, 0.3) is 0 Å². The molecule has 2 aromatic carbocycles.